The lowest BCUT2D eigenvalue weighted by Crippen LogP contribution is -2.21. The van der Waals surface area contributed by atoms with Gasteiger partial charge in [0.1, 0.15) is 18.5 Å². The molecule has 0 saturated carbocycles. The Morgan fingerprint density at radius 2 is 2.27 bits per heavy atom. The lowest BCUT2D eigenvalue weighted by atomic mass is 10.2. The second kappa shape index (κ2) is 4.33. The first-order chi connectivity index (χ1) is 7.31. The summed E-state index contributed by atoms with van der Waals surface area (Å²) in [5.41, 5.74) is 0.992. The van der Waals surface area contributed by atoms with Crippen LogP contribution in [0.1, 0.15) is 0 Å². The van der Waals surface area contributed by atoms with Gasteiger partial charge >= 0.3 is 0 Å². The Kier molecular flexibility index (Phi) is 2.89. The molecular formula is C11H13NO3. The summed E-state index contributed by atoms with van der Waals surface area (Å²) in [6.07, 6.45) is 0.999. The van der Waals surface area contributed by atoms with Crippen molar-refractivity contribution in [1.29, 1.82) is 0 Å². The number of hydrogen-bond donors (Lipinski definition) is 3. The highest BCUT2D eigenvalue weighted by Crippen LogP contribution is 2.24. The second-order valence-corrected chi connectivity index (χ2v) is 3.34. The summed E-state index contributed by atoms with van der Waals surface area (Å²) >= 11 is 0. The Bertz CT molecular complexity index is 438. The number of aliphatic hydroxyl groups excluding tert-OH is 2. The molecule has 4 nitrogen and oxygen atoms in total. The van der Waals surface area contributed by atoms with Crippen LogP contribution in [0.4, 0.5) is 0 Å². The van der Waals surface area contributed by atoms with Crippen molar-refractivity contribution in [3.63, 3.8) is 0 Å². The third kappa shape index (κ3) is 2.11. The van der Waals surface area contributed by atoms with E-state index in [1.165, 1.54) is 0 Å². The zero-order chi connectivity index (χ0) is 10.7. The molecule has 80 valence electrons. The van der Waals surface area contributed by atoms with Crippen molar-refractivity contribution in [2.45, 2.75) is 6.10 Å². The molecule has 0 bridgehead atoms. The molecule has 0 unspecified atom stereocenters. The zero-order valence-corrected chi connectivity index (χ0v) is 8.18. The van der Waals surface area contributed by atoms with Crippen molar-refractivity contribution in [1.82, 2.24) is 4.98 Å². The van der Waals surface area contributed by atoms with Gasteiger partial charge in [-0.15, -0.1) is 0 Å². The fourth-order valence-electron chi connectivity index (χ4n) is 1.42. The zero-order valence-electron chi connectivity index (χ0n) is 8.18. The molecule has 3 N–H and O–H groups in total. The van der Waals surface area contributed by atoms with Gasteiger partial charge in [0, 0.05) is 17.1 Å². The molecule has 2 aromatic rings. The molecule has 1 aromatic carbocycles. The summed E-state index contributed by atoms with van der Waals surface area (Å²) in [6.45, 7) is -0.191. The first kappa shape index (κ1) is 10.0. The first-order valence-electron chi connectivity index (χ1n) is 4.79. The third-order valence-corrected chi connectivity index (χ3v) is 2.20. The quantitative estimate of drug-likeness (QED) is 0.701. The van der Waals surface area contributed by atoms with E-state index in [4.69, 9.17) is 14.9 Å². The molecule has 1 aromatic heterocycles. The standard InChI is InChI=1S/C11H13NO3/c13-6-8(14)7-15-11-3-1-2-10-9(11)4-5-12-10/h1-5,8,12-14H,6-7H2/t8-/m0/s1/i6+2. The highest BCUT2D eigenvalue weighted by Gasteiger charge is 2.06. The van der Waals surface area contributed by atoms with Crippen LogP contribution >= 0.6 is 0 Å². The van der Waals surface area contributed by atoms with Gasteiger partial charge in [-0.05, 0) is 18.2 Å². The molecule has 0 spiro atoms. The van der Waals surface area contributed by atoms with Gasteiger partial charge in [0.25, 0.3) is 0 Å². The maximum absolute atomic E-state index is 9.16. The maximum atomic E-state index is 9.16. The summed E-state index contributed by atoms with van der Waals surface area (Å²) in [7, 11) is 0. The molecular weight excluding hydrogens is 196 g/mol. The second-order valence-electron chi connectivity index (χ2n) is 3.34. The van der Waals surface area contributed by atoms with Crippen LogP contribution in [-0.4, -0.2) is 34.5 Å². The van der Waals surface area contributed by atoms with Crippen molar-refractivity contribution >= 4 is 10.9 Å². The van der Waals surface area contributed by atoms with Gasteiger partial charge in [0.15, 0.2) is 0 Å². The lowest BCUT2D eigenvalue weighted by Gasteiger charge is -2.10. The highest BCUT2D eigenvalue weighted by molar-refractivity contribution is 5.85. The molecule has 1 heterocycles. The largest absolute Gasteiger partial charge is 0.490 e. The number of aromatic amines is 1. The fourth-order valence-corrected chi connectivity index (χ4v) is 1.42. The van der Waals surface area contributed by atoms with Crippen LogP contribution in [-0.2, 0) is 0 Å². The van der Waals surface area contributed by atoms with Gasteiger partial charge in [0.05, 0.1) is 6.61 Å². The molecule has 0 aliphatic carbocycles. The normalized spacial score (nSPS) is 12.9. The van der Waals surface area contributed by atoms with Gasteiger partial charge in [-0.3, -0.25) is 0 Å². The number of rotatable bonds is 4. The van der Waals surface area contributed by atoms with E-state index in [9.17, 15) is 0 Å². The number of benzene rings is 1. The summed E-state index contributed by atoms with van der Waals surface area (Å²) in [6, 6.07) is 7.57. The van der Waals surface area contributed by atoms with Crippen molar-refractivity contribution in [3.05, 3.63) is 30.5 Å². The van der Waals surface area contributed by atoms with Crippen LogP contribution in [0.5, 0.6) is 5.75 Å². The minimum atomic E-state index is -0.834. The Hall–Kier alpha value is -1.52. The van der Waals surface area contributed by atoms with E-state index in [1.54, 1.807) is 0 Å². The van der Waals surface area contributed by atoms with Gasteiger partial charge in [0.2, 0.25) is 0 Å². The third-order valence-electron chi connectivity index (χ3n) is 2.20. The van der Waals surface area contributed by atoms with Crippen LogP contribution in [0.15, 0.2) is 30.5 Å². The van der Waals surface area contributed by atoms with Crippen molar-refractivity contribution in [2.24, 2.45) is 0 Å². The number of hydrogen-bond acceptors (Lipinski definition) is 3. The Morgan fingerprint density at radius 1 is 1.40 bits per heavy atom. The number of aliphatic hydroxyl groups is 2. The van der Waals surface area contributed by atoms with E-state index in [-0.39, 0.29) is 13.2 Å². The van der Waals surface area contributed by atoms with E-state index in [0.29, 0.717) is 5.75 Å². The van der Waals surface area contributed by atoms with Crippen molar-refractivity contribution in [3.8, 4) is 5.75 Å². The van der Waals surface area contributed by atoms with E-state index < -0.39 is 6.10 Å². The Morgan fingerprint density at radius 3 is 3.07 bits per heavy atom. The number of fused-ring (bicyclic) bond motifs is 1. The number of ether oxygens (including phenoxy) is 1. The number of aromatic nitrogens is 1. The van der Waals surface area contributed by atoms with E-state index in [0.717, 1.165) is 10.9 Å². The highest BCUT2D eigenvalue weighted by atomic mass is 16.5. The van der Waals surface area contributed by atoms with Crippen LogP contribution in [0.3, 0.4) is 0 Å². The minimum absolute atomic E-state index is 0.0980. The fraction of sp³-hybridized carbons (Fsp3) is 0.273. The van der Waals surface area contributed by atoms with Crippen molar-refractivity contribution in [2.75, 3.05) is 13.2 Å². The van der Waals surface area contributed by atoms with E-state index >= 15 is 0 Å². The van der Waals surface area contributed by atoms with Crippen LogP contribution < -0.4 is 4.74 Å². The summed E-state index contributed by atoms with van der Waals surface area (Å²) in [5.74, 6) is 0.709. The van der Waals surface area contributed by atoms with Crippen LogP contribution in [0, 0.1) is 0 Å². The monoisotopic (exact) mass is 209 g/mol. The summed E-state index contributed by atoms with van der Waals surface area (Å²) in [4.78, 5) is 3.07. The number of H-pyrrole nitrogens is 1. The minimum Gasteiger partial charge on any atom is -0.490 e. The molecule has 0 amide bonds. The summed E-state index contributed by atoms with van der Waals surface area (Å²) < 4.78 is 5.40. The van der Waals surface area contributed by atoms with Crippen LogP contribution in [0.25, 0.3) is 10.9 Å². The topological polar surface area (TPSA) is 65.5 Å². The SMILES string of the molecule is O[14CH2][C@H](O)COc1cccc2[nH]ccc12. The van der Waals surface area contributed by atoms with Crippen molar-refractivity contribution < 1.29 is 14.9 Å². The van der Waals surface area contributed by atoms with Gasteiger partial charge < -0.3 is 19.9 Å². The molecule has 0 radical (unpaired) electrons. The molecule has 15 heavy (non-hydrogen) atoms. The molecule has 4 heteroatoms. The Labute approximate surface area is 87.1 Å². The average molecular weight is 209 g/mol. The lowest BCUT2D eigenvalue weighted by molar-refractivity contribution is 0.0541. The van der Waals surface area contributed by atoms with E-state index in [2.05, 4.69) is 4.98 Å². The molecule has 0 aliphatic heterocycles. The molecule has 0 saturated heterocycles. The maximum Gasteiger partial charge on any atom is 0.128 e. The van der Waals surface area contributed by atoms with Gasteiger partial charge in [-0.2, -0.15) is 0 Å². The molecule has 1 atom stereocenters. The van der Waals surface area contributed by atoms with Gasteiger partial charge in [-0.1, -0.05) is 6.07 Å². The molecule has 0 aliphatic rings. The molecule has 0 fully saturated rings. The molecule has 2 rings (SSSR count). The first-order valence-corrected chi connectivity index (χ1v) is 4.79. The number of nitrogens with one attached hydrogen (secondary N) is 1. The average Bonchev–Trinajstić information content (AvgIpc) is 2.74. The van der Waals surface area contributed by atoms with Gasteiger partial charge in [-0.25, -0.2) is 0 Å². The Balaban J connectivity index is 2.17. The predicted octanol–water partition coefficient (Wildman–Crippen LogP) is 0.900. The van der Waals surface area contributed by atoms with Crippen LogP contribution in [0.2, 0.25) is 0 Å². The predicted molar refractivity (Wildman–Crippen MR) is 56.9 cm³/mol. The van der Waals surface area contributed by atoms with E-state index in [1.807, 2.05) is 30.5 Å². The summed E-state index contributed by atoms with van der Waals surface area (Å²) in [5, 5.41) is 18.8. The smallest absolute Gasteiger partial charge is 0.128 e.